The zero-order chi connectivity index (χ0) is 18.1. The Kier molecular flexibility index (Phi) is 3.97. The molecule has 2 heterocycles. The second-order valence-corrected chi connectivity index (χ2v) is 5.96. The van der Waals surface area contributed by atoms with Crippen LogP contribution in [0.25, 0.3) is 11.8 Å². The zero-order valence-electron chi connectivity index (χ0n) is 14.1. The fraction of sp³-hybridized carbons (Fsp3) is 0.0476. The molecule has 1 amide bonds. The number of hydrogen-bond donors (Lipinski definition) is 0. The van der Waals surface area contributed by atoms with Crippen LogP contribution in [-0.2, 0) is 0 Å². The highest BCUT2D eigenvalue weighted by Crippen LogP contribution is 2.36. The lowest BCUT2D eigenvalue weighted by Gasteiger charge is -2.30. The van der Waals surface area contributed by atoms with E-state index >= 15 is 0 Å². The number of carbonyl (C=O) groups excluding carboxylic acids is 1. The molecule has 0 spiro atoms. The van der Waals surface area contributed by atoms with Gasteiger partial charge >= 0.3 is 0 Å². The van der Waals surface area contributed by atoms with Crippen molar-refractivity contribution in [1.29, 1.82) is 0 Å². The summed E-state index contributed by atoms with van der Waals surface area (Å²) >= 11 is 0. The molecular formula is C21H16FN3O. The average molecular weight is 345 g/mol. The molecule has 4 nitrogen and oxygen atoms in total. The predicted molar refractivity (Wildman–Crippen MR) is 99.5 cm³/mol. The molecule has 4 rings (SSSR count). The number of anilines is 1. The van der Waals surface area contributed by atoms with Crippen LogP contribution in [0.4, 0.5) is 10.2 Å². The molecule has 1 aliphatic rings. The topological polar surface area (TPSA) is 36.4 Å². The molecule has 26 heavy (non-hydrogen) atoms. The number of hydrogen-bond acceptors (Lipinski definition) is 3. The maximum absolute atomic E-state index is 13.2. The molecule has 2 aromatic carbocycles. The highest BCUT2D eigenvalue weighted by molar-refractivity contribution is 6.12. The highest BCUT2D eigenvalue weighted by atomic mass is 19.1. The second-order valence-electron chi connectivity index (χ2n) is 5.96. The Morgan fingerprint density at radius 2 is 1.65 bits per heavy atom. The highest BCUT2D eigenvalue weighted by Gasteiger charge is 2.35. The molecule has 0 aliphatic carbocycles. The van der Waals surface area contributed by atoms with Gasteiger partial charge in [-0.25, -0.2) is 14.4 Å². The summed E-state index contributed by atoms with van der Waals surface area (Å²) < 4.78 is 13.2. The van der Waals surface area contributed by atoms with Crippen molar-refractivity contribution >= 4 is 23.5 Å². The number of amides is 1. The minimum absolute atomic E-state index is 0.123. The second kappa shape index (κ2) is 6.44. The SMILES string of the molecule is CN(c1ccccn1)N1C(=O)c2ccccc2/C1=C/c1ccc(F)cc1. The minimum atomic E-state index is -0.294. The summed E-state index contributed by atoms with van der Waals surface area (Å²) in [5, 5.41) is 3.31. The lowest BCUT2D eigenvalue weighted by atomic mass is 10.1. The fourth-order valence-corrected chi connectivity index (χ4v) is 3.03. The molecule has 5 heteroatoms. The van der Waals surface area contributed by atoms with Crippen molar-refractivity contribution in [2.75, 3.05) is 12.1 Å². The molecule has 0 bridgehead atoms. The third kappa shape index (κ3) is 2.73. The van der Waals surface area contributed by atoms with Crippen LogP contribution < -0.4 is 5.01 Å². The van der Waals surface area contributed by atoms with Crippen molar-refractivity contribution in [2.24, 2.45) is 0 Å². The number of benzene rings is 2. The quantitative estimate of drug-likeness (QED) is 0.713. The smallest absolute Gasteiger partial charge is 0.267 e. The van der Waals surface area contributed by atoms with E-state index in [1.165, 1.54) is 12.1 Å². The van der Waals surface area contributed by atoms with Gasteiger partial charge in [0.1, 0.15) is 11.6 Å². The third-order valence-electron chi connectivity index (χ3n) is 4.31. The molecule has 0 saturated heterocycles. The number of nitrogens with zero attached hydrogens (tertiary/aromatic N) is 3. The number of pyridine rings is 1. The van der Waals surface area contributed by atoms with Crippen LogP contribution in [0.2, 0.25) is 0 Å². The van der Waals surface area contributed by atoms with Gasteiger partial charge in [0.2, 0.25) is 0 Å². The van der Waals surface area contributed by atoms with Gasteiger partial charge in [0.05, 0.1) is 11.3 Å². The maximum Gasteiger partial charge on any atom is 0.277 e. The Balaban J connectivity index is 1.83. The van der Waals surface area contributed by atoms with Crippen LogP contribution >= 0.6 is 0 Å². The van der Waals surface area contributed by atoms with Gasteiger partial charge in [-0.15, -0.1) is 0 Å². The summed E-state index contributed by atoms with van der Waals surface area (Å²) in [5.74, 6) is 0.235. The Labute approximate surface area is 150 Å². The number of fused-ring (bicyclic) bond motifs is 1. The van der Waals surface area contributed by atoms with Crippen molar-refractivity contribution in [3.05, 3.63) is 95.4 Å². The Hall–Kier alpha value is -3.47. The summed E-state index contributed by atoms with van der Waals surface area (Å²) in [7, 11) is 1.80. The van der Waals surface area contributed by atoms with Gasteiger partial charge in [-0.05, 0) is 42.0 Å². The van der Waals surface area contributed by atoms with Gasteiger partial charge in [0, 0.05) is 18.8 Å². The van der Waals surface area contributed by atoms with E-state index in [1.807, 2.05) is 48.5 Å². The molecule has 0 atom stereocenters. The average Bonchev–Trinajstić information content (AvgIpc) is 2.96. The van der Waals surface area contributed by atoms with E-state index < -0.39 is 0 Å². The van der Waals surface area contributed by atoms with E-state index in [1.54, 1.807) is 35.4 Å². The number of carbonyl (C=O) groups is 1. The Morgan fingerprint density at radius 1 is 0.962 bits per heavy atom. The largest absolute Gasteiger partial charge is 0.277 e. The molecule has 0 N–H and O–H groups in total. The molecule has 1 aromatic heterocycles. The van der Waals surface area contributed by atoms with Gasteiger partial charge in [0.25, 0.3) is 5.91 Å². The lowest BCUT2D eigenvalue weighted by molar-refractivity contribution is 0.0844. The van der Waals surface area contributed by atoms with Crippen LogP contribution in [0.3, 0.4) is 0 Å². The standard InChI is InChI=1S/C21H16FN3O/c1-24(20-8-4-5-13-23-20)25-19(14-15-9-11-16(22)12-10-15)17-6-2-3-7-18(17)21(25)26/h2-14H,1H3/b19-14-. The van der Waals surface area contributed by atoms with Crippen LogP contribution in [-0.4, -0.2) is 22.9 Å². The van der Waals surface area contributed by atoms with Crippen molar-refractivity contribution in [2.45, 2.75) is 0 Å². The third-order valence-corrected chi connectivity index (χ3v) is 4.31. The summed E-state index contributed by atoms with van der Waals surface area (Å²) in [5.41, 5.74) is 3.00. The predicted octanol–water partition coefficient (Wildman–Crippen LogP) is 4.23. The summed E-state index contributed by atoms with van der Waals surface area (Å²) in [6, 6.07) is 19.2. The van der Waals surface area contributed by atoms with Gasteiger partial charge in [0.15, 0.2) is 0 Å². The first-order valence-electron chi connectivity index (χ1n) is 8.21. The molecule has 0 unspecified atom stereocenters. The van der Waals surface area contributed by atoms with Crippen molar-refractivity contribution in [3.63, 3.8) is 0 Å². The first-order valence-corrected chi connectivity index (χ1v) is 8.21. The molecule has 128 valence electrons. The first kappa shape index (κ1) is 16.0. The summed E-state index contributed by atoms with van der Waals surface area (Å²) in [6.07, 6.45) is 3.56. The monoisotopic (exact) mass is 345 g/mol. The number of aromatic nitrogens is 1. The van der Waals surface area contributed by atoms with Crippen molar-refractivity contribution in [3.8, 4) is 0 Å². The van der Waals surface area contributed by atoms with E-state index in [-0.39, 0.29) is 11.7 Å². The van der Waals surface area contributed by atoms with Gasteiger partial charge in [-0.2, -0.15) is 0 Å². The summed E-state index contributed by atoms with van der Waals surface area (Å²) in [6.45, 7) is 0. The lowest BCUT2D eigenvalue weighted by Crippen LogP contribution is -2.39. The van der Waals surface area contributed by atoms with E-state index in [9.17, 15) is 9.18 Å². The zero-order valence-corrected chi connectivity index (χ0v) is 14.1. The Morgan fingerprint density at radius 3 is 2.35 bits per heavy atom. The number of hydrazine groups is 1. The van der Waals surface area contributed by atoms with Crippen molar-refractivity contribution in [1.82, 2.24) is 9.99 Å². The molecule has 0 saturated carbocycles. The van der Waals surface area contributed by atoms with Gasteiger partial charge < -0.3 is 0 Å². The van der Waals surface area contributed by atoms with E-state index in [4.69, 9.17) is 0 Å². The normalized spacial score (nSPS) is 14.6. The van der Waals surface area contributed by atoms with Gasteiger partial charge in [-0.3, -0.25) is 9.80 Å². The fourth-order valence-electron chi connectivity index (χ4n) is 3.03. The van der Waals surface area contributed by atoms with Crippen molar-refractivity contribution < 1.29 is 9.18 Å². The first-order chi connectivity index (χ1) is 12.6. The summed E-state index contributed by atoms with van der Waals surface area (Å²) in [4.78, 5) is 17.4. The van der Waals surface area contributed by atoms with Crippen LogP contribution in [0.1, 0.15) is 21.5 Å². The minimum Gasteiger partial charge on any atom is -0.267 e. The van der Waals surface area contributed by atoms with Crippen LogP contribution in [0, 0.1) is 5.82 Å². The molecule has 3 aromatic rings. The molecule has 1 aliphatic heterocycles. The van der Waals surface area contributed by atoms with Crippen LogP contribution in [0.15, 0.2) is 72.9 Å². The molecule has 0 radical (unpaired) electrons. The maximum atomic E-state index is 13.2. The van der Waals surface area contributed by atoms with E-state index in [2.05, 4.69) is 4.98 Å². The van der Waals surface area contributed by atoms with Crippen LogP contribution in [0.5, 0.6) is 0 Å². The number of rotatable bonds is 3. The molecule has 0 fully saturated rings. The van der Waals surface area contributed by atoms with E-state index in [0.29, 0.717) is 11.4 Å². The molecular weight excluding hydrogens is 329 g/mol. The van der Waals surface area contributed by atoms with Gasteiger partial charge in [-0.1, -0.05) is 36.4 Å². The Bertz CT molecular complexity index is 984. The van der Waals surface area contributed by atoms with E-state index in [0.717, 1.165) is 16.8 Å². The number of halogens is 1.